The molecule has 0 N–H and O–H groups in total. The molecule has 2 atom stereocenters. The van der Waals surface area contributed by atoms with E-state index in [-0.39, 0.29) is 0 Å². The zero-order valence-electron chi connectivity index (χ0n) is 11.8. The molecule has 0 amide bonds. The first-order chi connectivity index (χ1) is 9.13. The monoisotopic (exact) mass is 278 g/mol. The molecule has 1 aromatic carbocycles. The summed E-state index contributed by atoms with van der Waals surface area (Å²) < 4.78 is 0. The van der Waals surface area contributed by atoms with Crippen LogP contribution in [-0.4, -0.2) is 41.0 Å². The highest BCUT2D eigenvalue weighted by atomic mass is 35.5. The van der Waals surface area contributed by atoms with E-state index in [1.807, 2.05) is 12.1 Å². The van der Waals surface area contributed by atoms with Gasteiger partial charge >= 0.3 is 0 Å². The molecule has 2 aliphatic heterocycles. The second kappa shape index (κ2) is 5.43. The lowest BCUT2D eigenvalue weighted by Crippen LogP contribution is -2.54. The van der Waals surface area contributed by atoms with Gasteiger partial charge in [-0.25, -0.2) is 0 Å². The lowest BCUT2D eigenvalue weighted by molar-refractivity contribution is 0.0442. The van der Waals surface area contributed by atoms with E-state index in [0.717, 1.165) is 23.7 Å². The number of nitrogens with zero attached hydrogens (tertiary/aromatic N) is 2. The molecule has 2 fully saturated rings. The van der Waals surface area contributed by atoms with E-state index in [9.17, 15) is 0 Å². The summed E-state index contributed by atoms with van der Waals surface area (Å²) in [5, 5.41) is 0.830. The van der Waals surface area contributed by atoms with Crippen LogP contribution in [0.25, 0.3) is 0 Å². The second-order valence-electron chi connectivity index (χ2n) is 6.23. The fraction of sp³-hybridized carbons (Fsp3) is 0.625. The zero-order chi connectivity index (χ0) is 13.4. The highest BCUT2D eigenvalue weighted by molar-refractivity contribution is 6.30. The summed E-state index contributed by atoms with van der Waals surface area (Å²) in [6.45, 7) is 8.19. The van der Waals surface area contributed by atoms with Crippen molar-refractivity contribution in [2.24, 2.45) is 0 Å². The molecule has 2 saturated heterocycles. The molecule has 2 aliphatic rings. The minimum atomic E-state index is 0.681. The van der Waals surface area contributed by atoms with Crippen molar-refractivity contribution in [1.29, 1.82) is 0 Å². The standard InChI is InChI=1S/C16H23ClN2/c1-12(2)18-10-15-7-8-16(11-18)19(15)9-13-3-5-14(17)6-4-13/h3-6,12,15-16H,7-11H2,1-2H3. The zero-order valence-corrected chi connectivity index (χ0v) is 12.6. The first-order valence-corrected chi connectivity index (χ1v) is 7.75. The van der Waals surface area contributed by atoms with E-state index < -0.39 is 0 Å². The first kappa shape index (κ1) is 13.4. The van der Waals surface area contributed by atoms with Crippen molar-refractivity contribution in [2.45, 2.75) is 51.4 Å². The molecule has 0 aliphatic carbocycles. The van der Waals surface area contributed by atoms with Crippen molar-refractivity contribution < 1.29 is 0 Å². The summed E-state index contributed by atoms with van der Waals surface area (Å²) in [6, 6.07) is 10.5. The second-order valence-corrected chi connectivity index (χ2v) is 6.67. The summed E-state index contributed by atoms with van der Waals surface area (Å²) in [6.07, 6.45) is 2.73. The number of fused-ring (bicyclic) bond motifs is 2. The van der Waals surface area contributed by atoms with Crippen LogP contribution < -0.4 is 0 Å². The van der Waals surface area contributed by atoms with Gasteiger partial charge in [-0.1, -0.05) is 23.7 Å². The Morgan fingerprint density at radius 2 is 1.68 bits per heavy atom. The molecule has 2 heterocycles. The van der Waals surface area contributed by atoms with E-state index in [1.54, 1.807) is 0 Å². The number of hydrogen-bond acceptors (Lipinski definition) is 2. The molecule has 3 rings (SSSR count). The highest BCUT2D eigenvalue weighted by Gasteiger charge is 2.40. The molecular weight excluding hydrogens is 256 g/mol. The molecule has 0 spiro atoms. The van der Waals surface area contributed by atoms with Crippen molar-refractivity contribution in [3.63, 3.8) is 0 Å². The van der Waals surface area contributed by atoms with E-state index >= 15 is 0 Å². The van der Waals surface area contributed by atoms with Gasteiger partial charge in [0.1, 0.15) is 0 Å². The Morgan fingerprint density at radius 3 is 2.21 bits per heavy atom. The van der Waals surface area contributed by atoms with Gasteiger partial charge in [0, 0.05) is 42.8 Å². The van der Waals surface area contributed by atoms with Gasteiger partial charge in [0.15, 0.2) is 0 Å². The van der Waals surface area contributed by atoms with Gasteiger partial charge in [-0.05, 0) is 44.4 Å². The Morgan fingerprint density at radius 1 is 1.11 bits per heavy atom. The highest BCUT2D eigenvalue weighted by Crippen LogP contribution is 2.32. The van der Waals surface area contributed by atoms with Crippen LogP contribution in [-0.2, 0) is 6.54 Å². The largest absolute Gasteiger partial charge is 0.298 e. The summed E-state index contributed by atoms with van der Waals surface area (Å²) in [5.41, 5.74) is 1.39. The molecule has 104 valence electrons. The van der Waals surface area contributed by atoms with Crippen LogP contribution >= 0.6 is 11.6 Å². The van der Waals surface area contributed by atoms with E-state index in [1.165, 1.54) is 31.5 Å². The third-order valence-electron chi connectivity index (χ3n) is 4.67. The number of piperazine rings is 1. The molecule has 1 aromatic rings. The van der Waals surface area contributed by atoms with Gasteiger partial charge in [-0.3, -0.25) is 9.80 Å². The van der Waals surface area contributed by atoms with Crippen LogP contribution in [0.4, 0.5) is 0 Å². The van der Waals surface area contributed by atoms with E-state index in [0.29, 0.717) is 6.04 Å². The predicted molar refractivity (Wildman–Crippen MR) is 80.5 cm³/mol. The first-order valence-electron chi connectivity index (χ1n) is 7.37. The Kier molecular flexibility index (Phi) is 3.84. The van der Waals surface area contributed by atoms with Gasteiger partial charge in [0.2, 0.25) is 0 Å². The number of halogens is 1. The lowest BCUT2D eigenvalue weighted by Gasteiger charge is -2.42. The third-order valence-corrected chi connectivity index (χ3v) is 4.92. The van der Waals surface area contributed by atoms with Gasteiger partial charge < -0.3 is 0 Å². The molecule has 0 radical (unpaired) electrons. The quantitative estimate of drug-likeness (QED) is 0.836. The maximum Gasteiger partial charge on any atom is 0.0406 e. The van der Waals surface area contributed by atoms with Gasteiger partial charge in [0.05, 0.1) is 0 Å². The smallest absolute Gasteiger partial charge is 0.0406 e. The fourth-order valence-electron chi connectivity index (χ4n) is 3.50. The molecule has 2 unspecified atom stereocenters. The number of benzene rings is 1. The van der Waals surface area contributed by atoms with Crippen molar-refractivity contribution in [2.75, 3.05) is 13.1 Å². The number of rotatable bonds is 3. The van der Waals surface area contributed by atoms with Crippen LogP contribution in [0.3, 0.4) is 0 Å². The van der Waals surface area contributed by atoms with E-state index in [2.05, 4.69) is 35.8 Å². The SMILES string of the molecule is CC(C)N1CC2CCC(C1)N2Cc1ccc(Cl)cc1. The Hall–Kier alpha value is -0.570. The van der Waals surface area contributed by atoms with E-state index in [4.69, 9.17) is 11.6 Å². The molecule has 19 heavy (non-hydrogen) atoms. The van der Waals surface area contributed by atoms with Gasteiger partial charge in [0.25, 0.3) is 0 Å². The normalized spacial score (nSPS) is 28.2. The van der Waals surface area contributed by atoms with Crippen molar-refractivity contribution >= 4 is 11.6 Å². The Balaban J connectivity index is 1.68. The van der Waals surface area contributed by atoms with Crippen molar-refractivity contribution in [3.8, 4) is 0 Å². The molecular formula is C16H23ClN2. The predicted octanol–water partition coefficient (Wildman–Crippen LogP) is 3.40. The van der Waals surface area contributed by atoms with Crippen LogP contribution in [0.1, 0.15) is 32.3 Å². The van der Waals surface area contributed by atoms with Gasteiger partial charge in [-0.2, -0.15) is 0 Å². The summed E-state index contributed by atoms with van der Waals surface area (Å²) >= 11 is 5.96. The molecule has 0 aromatic heterocycles. The van der Waals surface area contributed by atoms with Crippen molar-refractivity contribution in [1.82, 2.24) is 9.80 Å². The maximum absolute atomic E-state index is 5.96. The van der Waals surface area contributed by atoms with Crippen LogP contribution in [0.2, 0.25) is 5.02 Å². The maximum atomic E-state index is 5.96. The van der Waals surface area contributed by atoms with Crippen LogP contribution in [0.5, 0.6) is 0 Å². The summed E-state index contributed by atoms with van der Waals surface area (Å²) in [4.78, 5) is 5.35. The average Bonchev–Trinajstić information content (AvgIpc) is 2.62. The topological polar surface area (TPSA) is 6.48 Å². The average molecular weight is 279 g/mol. The number of likely N-dealkylation sites (tertiary alicyclic amines) is 1. The minimum Gasteiger partial charge on any atom is -0.298 e. The molecule has 2 bridgehead atoms. The Bertz CT molecular complexity index is 415. The third kappa shape index (κ3) is 2.81. The van der Waals surface area contributed by atoms with Crippen LogP contribution in [0.15, 0.2) is 24.3 Å². The molecule has 3 heteroatoms. The summed E-state index contributed by atoms with van der Waals surface area (Å²) in [5.74, 6) is 0. The van der Waals surface area contributed by atoms with Crippen molar-refractivity contribution in [3.05, 3.63) is 34.9 Å². The molecule has 0 saturated carbocycles. The lowest BCUT2D eigenvalue weighted by atomic mass is 10.1. The summed E-state index contributed by atoms with van der Waals surface area (Å²) in [7, 11) is 0. The number of hydrogen-bond donors (Lipinski definition) is 0. The fourth-order valence-corrected chi connectivity index (χ4v) is 3.63. The minimum absolute atomic E-state index is 0.681. The molecule has 2 nitrogen and oxygen atoms in total. The van der Waals surface area contributed by atoms with Crippen LogP contribution in [0, 0.1) is 0 Å². The Labute approximate surface area is 121 Å². The van der Waals surface area contributed by atoms with Gasteiger partial charge in [-0.15, -0.1) is 0 Å².